The Hall–Kier alpha value is -0.450. The van der Waals surface area contributed by atoms with E-state index in [1.54, 1.807) is 12.1 Å². The molecule has 0 radical (unpaired) electrons. The van der Waals surface area contributed by atoms with Gasteiger partial charge in [0.1, 0.15) is 5.82 Å². The van der Waals surface area contributed by atoms with Crippen LogP contribution in [0.25, 0.3) is 0 Å². The maximum Gasteiger partial charge on any atom is 0.137 e. The molecule has 4 heteroatoms. The second-order valence-electron chi connectivity index (χ2n) is 3.14. The minimum atomic E-state index is -0.645. The molecule has 0 spiro atoms. The summed E-state index contributed by atoms with van der Waals surface area (Å²) in [6.07, 6.45) is -0.0995. The standard InChI is InChI=1S/C10H13BrFNO/c1-2-8(14)10(13)6-4-3-5-7(12)9(6)11/h3-5,8,10,14H,2,13H2,1H3/t8-,10+/m0/s1. The largest absolute Gasteiger partial charge is 0.391 e. The van der Waals surface area contributed by atoms with Crippen molar-refractivity contribution in [3.05, 3.63) is 34.1 Å². The van der Waals surface area contributed by atoms with Gasteiger partial charge in [-0.2, -0.15) is 0 Å². The van der Waals surface area contributed by atoms with Crippen LogP contribution in [-0.2, 0) is 0 Å². The van der Waals surface area contributed by atoms with E-state index >= 15 is 0 Å². The lowest BCUT2D eigenvalue weighted by atomic mass is 10.0. The maximum atomic E-state index is 13.1. The molecule has 0 amide bonds. The smallest absolute Gasteiger partial charge is 0.137 e. The van der Waals surface area contributed by atoms with E-state index in [-0.39, 0.29) is 5.82 Å². The molecule has 1 aromatic rings. The first-order chi connectivity index (χ1) is 6.57. The van der Waals surface area contributed by atoms with Crippen LogP contribution in [-0.4, -0.2) is 11.2 Å². The quantitative estimate of drug-likeness (QED) is 0.878. The molecule has 0 heterocycles. The van der Waals surface area contributed by atoms with Gasteiger partial charge in [-0.15, -0.1) is 0 Å². The highest BCUT2D eigenvalue weighted by Crippen LogP contribution is 2.27. The molecule has 0 unspecified atom stereocenters. The Kier molecular flexibility index (Phi) is 4.04. The van der Waals surface area contributed by atoms with Crippen LogP contribution < -0.4 is 5.73 Å². The zero-order chi connectivity index (χ0) is 10.7. The molecule has 0 saturated carbocycles. The molecule has 0 aliphatic carbocycles. The number of benzene rings is 1. The monoisotopic (exact) mass is 261 g/mol. The second-order valence-corrected chi connectivity index (χ2v) is 3.94. The van der Waals surface area contributed by atoms with Crippen LogP contribution >= 0.6 is 15.9 Å². The Labute approximate surface area is 91.1 Å². The molecule has 3 N–H and O–H groups in total. The van der Waals surface area contributed by atoms with E-state index in [0.29, 0.717) is 16.5 Å². The average molecular weight is 262 g/mol. The Bertz CT molecular complexity index is 319. The van der Waals surface area contributed by atoms with Crippen LogP contribution in [0.15, 0.2) is 22.7 Å². The Morgan fingerprint density at radius 1 is 1.57 bits per heavy atom. The van der Waals surface area contributed by atoms with Crippen molar-refractivity contribution in [2.24, 2.45) is 5.73 Å². The average Bonchev–Trinajstić information content (AvgIpc) is 2.20. The summed E-state index contributed by atoms with van der Waals surface area (Å²) < 4.78 is 13.5. The summed E-state index contributed by atoms with van der Waals surface area (Å²) in [4.78, 5) is 0. The first-order valence-corrected chi connectivity index (χ1v) is 5.24. The number of aliphatic hydroxyl groups excluding tert-OH is 1. The zero-order valence-electron chi connectivity index (χ0n) is 7.87. The van der Waals surface area contributed by atoms with Crippen molar-refractivity contribution < 1.29 is 9.50 Å². The number of aliphatic hydroxyl groups is 1. The van der Waals surface area contributed by atoms with Crippen LogP contribution in [0.2, 0.25) is 0 Å². The van der Waals surface area contributed by atoms with Crippen LogP contribution in [0.4, 0.5) is 4.39 Å². The maximum absolute atomic E-state index is 13.1. The zero-order valence-corrected chi connectivity index (χ0v) is 9.46. The van der Waals surface area contributed by atoms with Crippen molar-refractivity contribution in [1.29, 1.82) is 0 Å². The first kappa shape index (κ1) is 11.6. The molecule has 0 aromatic heterocycles. The van der Waals surface area contributed by atoms with Crippen LogP contribution in [0.1, 0.15) is 24.9 Å². The summed E-state index contributed by atoms with van der Waals surface area (Å²) in [5.74, 6) is -0.360. The number of halogens is 2. The molecule has 0 bridgehead atoms. The van der Waals surface area contributed by atoms with Crippen LogP contribution in [0.5, 0.6) is 0 Å². The van der Waals surface area contributed by atoms with E-state index in [1.807, 2.05) is 6.92 Å². The van der Waals surface area contributed by atoms with Gasteiger partial charge in [0.2, 0.25) is 0 Å². The van der Waals surface area contributed by atoms with E-state index in [4.69, 9.17) is 5.73 Å². The topological polar surface area (TPSA) is 46.2 Å². The van der Waals surface area contributed by atoms with E-state index in [1.165, 1.54) is 6.07 Å². The molecule has 78 valence electrons. The number of hydrogen-bond donors (Lipinski definition) is 2. The van der Waals surface area contributed by atoms with Crippen molar-refractivity contribution in [2.75, 3.05) is 0 Å². The third-order valence-corrected chi connectivity index (χ3v) is 3.01. The lowest BCUT2D eigenvalue weighted by Crippen LogP contribution is -2.25. The van der Waals surface area contributed by atoms with Gasteiger partial charge in [-0.1, -0.05) is 19.1 Å². The molecule has 0 aliphatic heterocycles. The molecule has 2 nitrogen and oxygen atoms in total. The molecule has 1 aromatic carbocycles. The number of hydrogen-bond acceptors (Lipinski definition) is 2. The number of nitrogens with two attached hydrogens (primary N) is 1. The van der Waals surface area contributed by atoms with E-state index in [2.05, 4.69) is 15.9 Å². The highest BCUT2D eigenvalue weighted by atomic mass is 79.9. The minimum Gasteiger partial charge on any atom is -0.391 e. The summed E-state index contributed by atoms with van der Waals surface area (Å²) in [6.45, 7) is 1.83. The van der Waals surface area contributed by atoms with Gasteiger partial charge in [-0.3, -0.25) is 0 Å². The van der Waals surface area contributed by atoms with Crippen molar-refractivity contribution in [3.8, 4) is 0 Å². The minimum absolute atomic E-state index is 0.333. The lowest BCUT2D eigenvalue weighted by Gasteiger charge is -2.18. The summed E-state index contributed by atoms with van der Waals surface area (Å²) in [7, 11) is 0. The normalized spacial score (nSPS) is 15.2. The van der Waals surface area contributed by atoms with Crippen molar-refractivity contribution in [1.82, 2.24) is 0 Å². The van der Waals surface area contributed by atoms with Gasteiger partial charge in [0, 0.05) is 0 Å². The number of rotatable bonds is 3. The van der Waals surface area contributed by atoms with Crippen LogP contribution in [0.3, 0.4) is 0 Å². The SMILES string of the molecule is CC[C@H](O)[C@H](N)c1cccc(F)c1Br. The Morgan fingerprint density at radius 3 is 2.79 bits per heavy atom. The van der Waals surface area contributed by atoms with Gasteiger partial charge in [-0.25, -0.2) is 4.39 Å². The van der Waals surface area contributed by atoms with Gasteiger partial charge in [0.05, 0.1) is 16.6 Å². The highest BCUT2D eigenvalue weighted by Gasteiger charge is 2.18. The predicted molar refractivity (Wildman–Crippen MR) is 57.3 cm³/mol. The van der Waals surface area contributed by atoms with Gasteiger partial charge in [0.25, 0.3) is 0 Å². The second kappa shape index (κ2) is 4.87. The van der Waals surface area contributed by atoms with Crippen molar-refractivity contribution in [2.45, 2.75) is 25.5 Å². The fraction of sp³-hybridized carbons (Fsp3) is 0.400. The summed E-state index contributed by atoms with van der Waals surface area (Å²) in [6, 6.07) is 4.08. The third kappa shape index (κ3) is 2.32. The molecule has 1 rings (SSSR count). The Balaban J connectivity index is 3.01. The lowest BCUT2D eigenvalue weighted by molar-refractivity contribution is 0.140. The van der Waals surface area contributed by atoms with Crippen LogP contribution in [0, 0.1) is 5.82 Å². The van der Waals surface area contributed by atoms with Crippen molar-refractivity contribution >= 4 is 15.9 Å². The predicted octanol–water partition coefficient (Wildman–Crippen LogP) is 2.36. The summed E-state index contributed by atoms with van der Waals surface area (Å²) >= 11 is 3.11. The molecular formula is C10H13BrFNO. The van der Waals surface area contributed by atoms with Gasteiger partial charge < -0.3 is 10.8 Å². The first-order valence-electron chi connectivity index (χ1n) is 4.45. The molecule has 2 atom stereocenters. The molecule has 0 saturated heterocycles. The van der Waals surface area contributed by atoms with E-state index in [0.717, 1.165) is 0 Å². The van der Waals surface area contributed by atoms with E-state index in [9.17, 15) is 9.50 Å². The fourth-order valence-electron chi connectivity index (χ4n) is 1.24. The molecule has 14 heavy (non-hydrogen) atoms. The molecule has 0 aliphatic rings. The summed E-state index contributed by atoms with van der Waals surface area (Å²) in [5.41, 5.74) is 6.37. The molecule has 0 fully saturated rings. The fourth-order valence-corrected chi connectivity index (χ4v) is 1.77. The summed E-state index contributed by atoms with van der Waals surface area (Å²) in [5, 5.41) is 9.53. The van der Waals surface area contributed by atoms with Crippen molar-refractivity contribution in [3.63, 3.8) is 0 Å². The highest BCUT2D eigenvalue weighted by molar-refractivity contribution is 9.10. The van der Waals surface area contributed by atoms with Gasteiger partial charge in [-0.05, 0) is 34.0 Å². The van der Waals surface area contributed by atoms with E-state index < -0.39 is 12.1 Å². The Morgan fingerprint density at radius 2 is 2.21 bits per heavy atom. The van der Waals surface area contributed by atoms with Gasteiger partial charge >= 0.3 is 0 Å². The van der Waals surface area contributed by atoms with Gasteiger partial charge in [0.15, 0.2) is 0 Å². The third-order valence-electron chi connectivity index (χ3n) is 2.17. The molecular weight excluding hydrogens is 249 g/mol.